The van der Waals surface area contributed by atoms with E-state index in [0.717, 1.165) is 0 Å². The fraction of sp³-hybridized carbons (Fsp3) is 0.400. The minimum Gasteiger partial charge on any atom is -0.349 e. The summed E-state index contributed by atoms with van der Waals surface area (Å²) in [6.07, 6.45) is -6.18. The molecule has 1 amide bonds. The Morgan fingerprint density at radius 3 is 2.08 bits per heavy atom. The Morgan fingerprint density at radius 2 is 1.58 bits per heavy atom. The second-order valence-corrected chi connectivity index (χ2v) is 5.59. The van der Waals surface area contributed by atoms with Gasteiger partial charge in [0.2, 0.25) is 0 Å². The van der Waals surface area contributed by atoms with Gasteiger partial charge in [-0.2, -0.15) is 26.3 Å². The maximum absolute atomic E-state index is 12.9. The maximum atomic E-state index is 12.9. The second-order valence-electron chi connectivity index (χ2n) is 5.59. The molecule has 2 rings (SSSR count). The summed E-state index contributed by atoms with van der Waals surface area (Å²) >= 11 is 0. The number of alkyl halides is 6. The summed E-state index contributed by atoms with van der Waals surface area (Å²) in [5.41, 5.74) is 4.58. The molecule has 11 heteroatoms. The van der Waals surface area contributed by atoms with Crippen LogP contribution in [0.3, 0.4) is 0 Å². The zero-order valence-corrected chi connectivity index (χ0v) is 13.0. The highest BCUT2D eigenvalue weighted by Crippen LogP contribution is 2.36. The summed E-state index contributed by atoms with van der Waals surface area (Å²) in [7, 11) is 0. The predicted octanol–water partition coefficient (Wildman–Crippen LogP) is 4.85. The van der Waals surface area contributed by atoms with Gasteiger partial charge in [-0.25, -0.2) is 0 Å². The number of nitrogens with one attached hydrogen (secondary N) is 1. The molecule has 0 saturated heterocycles. The number of hydrogen-bond acceptors (Lipinski definition) is 2. The molecule has 1 aromatic rings. The summed E-state index contributed by atoms with van der Waals surface area (Å²) in [4.78, 5) is 14.8. The zero-order chi connectivity index (χ0) is 19.5. The van der Waals surface area contributed by atoms with E-state index in [1.54, 1.807) is 12.2 Å². The molecule has 26 heavy (non-hydrogen) atoms. The predicted molar refractivity (Wildman–Crippen MR) is 79.0 cm³/mol. The molecule has 1 aromatic carbocycles. The fourth-order valence-electron chi connectivity index (χ4n) is 2.49. The van der Waals surface area contributed by atoms with Crippen molar-refractivity contribution in [2.75, 3.05) is 0 Å². The Bertz CT molecular complexity index is 732. The van der Waals surface area contributed by atoms with Crippen LogP contribution in [0.5, 0.6) is 0 Å². The molecule has 140 valence electrons. The number of hydrogen-bond donors (Lipinski definition) is 1. The molecule has 1 aliphatic carbocycles. The number of carbonyl (C=O) groups is 1. The van der Waals surface area contributed by atoms with Gasteiger partial charge in [0.25, 0.3) is 5.91 Å². The Kier molecular flexibility index (Phi) is 5.50. The number of benzene rings is 1. The first-order valence-corrected chi connectivity index (χ1v) is 7.32. The largest absolute Gasteiger partial charge is 0.416 e. The first-order chi connectivity index (χ1) is 12.0. The van der Waals surface area contributed by atoms with Crippen molar-refractivity contribution in [2.24, 2.45) is 5.11 Å². The van der Waals surface area contributed by atoms with E-state index >= 15 is 0 Å². The monoisotopic (exact) mass is 378 g/mol. The molecule has 2 unspecified atom stereocenters. The number of halogens is 6. The molecule has 0 heterocycles. The van der Waals surface area contributed by atoms with Gasteiger partial charge in [-0.15, -0.1) is 0 Å². The Morgan fingerprint density at radius 1 is 1.04 bits per heavy atom. The minimum absolute atomic E-state index is 0.0527. The van der Waals surface area contributed by atoms with Gasteiger partial charge >= 0.3 is 12.4 Å². The second kappa shape index (κ2) is 7.28. The van der Waals surface area contributed by atoms with Crippen LogP contribution in [0.25, 0.3) is 10.4 Å². The molecule has 1 N–H and O–H groups in total. The molecule has 2 atom stereocenters. The zero-order valence-electron chi connectivity index (χ0n) is 13.0. The van der Waals surface area contributed by atoms with Crippen molar-refractivity contribution in [3.05, 3.63) is 57.5 Å². The van der Waals surface area contributed by atoms with Crippen molar-refractivity contribution < 1.29 is 31.1 Å². The fourth-order valence-corrected chi connectivity index (χ4v) is 2.49. The van der Waals surface area contributed by atoms with Crippen molar-refractivity contribution in [3.8, 4) is 0 Å². The number of azide groups is 1. The highest BCUT2D eigenvalue weighted by molar-refractivity contribution is 5.95. The SMILES string of the molecule is [N-]=[N+]=NC1CC=CCC1NC(=O)c1cc(C(F)(F)F)cc(C(F)(F)F)c1. The summed E-state index contributed by atoms with van der Waals surface area (Å²) in [6, 6.07) is -0.755. The maximum Gasteiger partial charge on any atom is 0.416 e. The molecule has 0 aliphatic heterocycles. The molecule has 5 nitrogen and oxygen atoms in total. The molecule has 0 aromatic heterocycles. The average molecular weight is 378 g/mol. The molecule has 0 saturated carbocycles. The minimum atomic E-state index is -5.04. The van der Waals surface area contributed by atoms with E-state index in [9.17, 15) is 31.1 Å². The van der Waals surface area contributed by atoms with Crippen molar-refractivity contribution in [1.29, 1.82) is 0 Å². The van der Waals surface area contributed by atoms with Gasteiger partial charge in [-0.3, -0.25) is 4.79 Å². The van der Waals surface area contributed by atoms with Crippen LogP contribution in [0, 0.1) is 0 Å². The van der Waals surface area contributed by atoms with E-state index in [4.69, 9.17) is 5.53 Å². The van der Waals surface area contributed by atoms with Gasteiger partial charge in [0.05, 0.1) is 17.2 Å². The Balaban J connectivity index is 2.35. The van der Waals surface area contributed by atoms with Crippen LogP contribution in [0.2, 0.25) is 0 Å². The highest BCUT2D eigenvalue weighted by atomic mass is 19.4. The first-order valence-electron chi connectivity index (χ1n) is 7.32. The topological polar surface area (TPSA) is 77.9 Å². The summed E-state index contributed by atoms with van der Waals surface area (Å²) in [6.45, 7) is 0. The van der Waals surface area contributed by atoms with Crippen molar-refractivity contribution in [2.45, 2.75) is 37.3 Å². The highest BCUT2D eigenvalue weighted by Gasteiger charge is 2.37. The van der Waals surface area contributed by atoms with E-state index in [1.807, 2.05) is 0 Å². The lowest BCUT2D eigenvalue weighted by Crippen LogP contribution is -2.43. The van der Waals surface area contributed by atoms with Gasteiger partial charge in [0, 0.05) is 16.5 Å². The van der Waals surface area contributed by atoms with Gasteiger partial charge in [0.15, 0.2) is 0 Å². The van der Waals surface area contributed by atoms with E-state index in [0.29, 0.717) is 18.6 Å². The Hall–Kier alpha value is -2.68. The lowest BCUT2D eigenvalue weighted by molar-refractivity contribution is -0.143. The summed E-state index contributed by atoms with van der Waals surface area (Å²) in [5.74, 6) is -1.11. The lowest BCUT2D eigenvalue weighted by Gasteiger charge is -2.26. The van der Waals surface area contributed by atoms with Gasteiger partial charge < -0.3 is 5.32 Å². The molecule has 0 fully saturated rings. The third kappa shape index (κ3) is 4.69. The molecule has 0 spiro atoms. The number of nitrogens with zero attached hydrogens (tertiary/aromatic N) is 3. The van der Waals surface area contributed by atoms with Crippen LogP contribution in [0.1, 0.15) is 34.3 Å². The van der Waals surface area contributed by atoms with Crippen molar-refractivity contribution in [3.63, 3.8) is 0 Å². The normalized spacial score (nSPS) is 20.4. The first kappa shape index (κ1) is 19.6. The van der Waals surface area contributed by atoms with Crippen molar-refractivity contribution >= 4 is 5.91 Å². The van der Waals surface area contributed by atoms with E-state index in [1.165, 1.54) is 0 Å². The molecule has 1 aliphatic rings. The molecular formula is C15H12F6N4O. The lowest BCUT2D eigenvalue weighted by atomic mass is 9.96. The van der Waals surface area contributed by atoms with Crippen LogP contribution in [-0.2, 0) is 12.4 Å². The molecule has 0 radical (unpaired) electrons. The smallest absolute Gasteiger partial charge is 0.349 e. The van der Waals surface area contributed by atoms with Crippen molar-refractivity contribution in [1.82, 2.24) is 5.32 Å². The standard InChI is InChI=1S/C15H12F6N4O/c16-14(17,18)9-5-8(6-10(7-9)15(19,20)21)13(26)23-11-3-1-2-4-12(11)24-25-22/h1-2,5-7,11-12H,3-4H2,(H,23,26). The Labute approximate surface area is 143 Å². The third-order valence-corrected chi connectivity index (χ3v) is 3.77. The number of carbonyl (C=O) groups excluding carboxylic acids is 1. The van der Waals surface area contributed by atoms with E-state index in [-0.39, 0.29) is 12.5 Å². The van der Waals surface area contributed by atoms with Gasteiger partial charge in [-0.1, -0.05) is 17.3 Å². The van der Waals surface area contributed by atoms with E-state index < -0.39 is 47.0 Å². The number of rotatable bonds is 3. The van der Waals surface area contributed by atoms with Crippen LogP contribution < -0.4 is 5.32 Å². The van der Waals surface area contributed by atoms with Crippen LogP contribution in [0.15, 0.2) is 35.5 Å². The van der Waals surface area contributed by atoms with Crippen LogP contribution in [-0.4, -0.2) is 18.0 Å². The van der Waals surface area contributed by atoms with E-state index in [2.05, 4.69) is 15.3 Å². The van der Waals surface area contributed by atoms with Gasteiger partial charge in [0.1, 0.15) is 0 Å². The molecule has 0 bridgehead atoms. The van der Waals surface area contributed by atoms with Gasteiger partial charge in [-0.05, 0) is 36.6 Å². The summed E-state index contributed by atoms with van der Waals surface area (Å²) in [5, 5.41) is 5.82. The quantitative estimate of drug-likeness (QED) is 0.264. The average Bonchev–Trinajstić information content (AvgIpc) is 2.55. The number of amides is 1. The summed E-state index contributed by atoms with van der Waals surface area (Å²) < 4.78 is 77.1. The van der Waals surface area contributed by atoms with Crippen LogP contribution >= 0.6 is 0 Å². The third-order valence-electron chi connectivity index (χ3n) is 3.77. The molecular weight excluding hydrogens is 366 g/mol. The van der Waals surface area contributed by atoms with Crippen LogP contribution in [0.4, 0.5) is 26.3 Å².